The maximum Gasteiger partial charge on any atom is 0.387 e. The lowest BCUT2D eigenvalue weighted by atomic mass is 10.0. The van der Waals surface area contributed by atoms with Gasteiger partial charge in [0.1, 0.15) is 5.75 Å². The van der Waals surface area contributed by atoms with Crippen LogP contribution in [0.25, 0.3) is 10.8 Å². The largest absolute Gasteiger partial charge is 0.454 e. The van der Waals surface area contributed by atoms with E-state index in [1.807, 2.05) is 24.3 Å². The highest BCUT2D eigenvalue weighted by Gasteiger charge is 2.14. The number of fused-ring (bicyclic) bond motifs is 1. The number of carbonyl (C=O) groups excluding carboxylic acids is 2. The summed E-state index contributed by atoms with van der Waals surface area (Å²) in [6.07, 6.45) is 0. The van der Waals surface area contributed by atoms with Crippen molar-refractivity contribution in [2.45, 2.75) is 6.61 Å². The van der Waals surface area contributed by atoms with Gasteiger partial charge < -0.3 is 9.47 Å². The highest BCUT2D eigenvalue weighted by molar-refractivity contribution is 6.05. The molecule has 0 N–H and O–H groups in total. The second-order valence-electron chi connectivity index (χ2n) is 5.43. The lowest BCUT2D eigenvalue weighted by molar-refractivity contribution is -0.0498. The van der Waals surface area contributed by atoms with Crippen LogP contribution in [0.4, 0.5) is 8.78 Å². The summed E-state index contributed by atoms with van der Waals surface area (Å²) in [5, 5.41) is 1.63. The third kappa shape index (κ3) is 4.03. The van der Waals surface area contributed by atoms with Gasteiger partial charge in [0.25, 0.3) is 0 Å². The van der Waals surface area contributed by atoms with Crippen LogP contribution in [-0.4, -0.2) is 25.0 Å². The molecule has 0 amide bonds. The molecule has 0 bridgehead atoms. The Labute approximate surface area is 148 Å². The summed E-state index contributed by atoms with van der Waals surface area (Å²) in [5.74, 6) is -1.10. The number of halogens is 2. The van der Waals surface area contributed by atoms with Crippen LogP contribution in [-0.2, 0) is 4.74 Å². The van der Waals surface area contributed by atoms with Gasteiger partial charge in [0.15, 0.2) is 12.4 Å². The molecule has 3 aromatic rings. The van der Waals surface area contributed by atoms with E-state index in [4.69, 9.17) is 4.74 Å². The Hall–Kier alpha value is -3.28. The number of alkyl halides is 2. The first-order valence-corrected chi connectivity index (χ1v) is 7.77. The molecule has 0 aliphatic carbocycles. The molecule has 0 saturated carbocycles. The van der Waals surface area contributed by atoms with Crippen LogP contribution in [0.15, 0.2) is 66.7 Å². The lowest BCUT2D eigenvalue weighted by Crippen LogP contribution is -2.14. The van der Waals surface area contributed by atoms with E-state index in [-0.39, 0.29) is 11.3 Å². The highest BCUT2D eigenvalue weighted by Crippen LogP contribution is 2.20. The number of rotatable bonds is 6. The second kappa shape index (κ2) is 7.74. The molecule has 6 heteroatoms. The third-order valence-electron chi connectivity index (χ3n) is 3.75. The zero-order chi connectivity index (χ0) is 18.5. The molecule has 3 aromatic carbocycles. The molecular formula is C20H14F2O4. The molecule has 0 aromatic heterocycles. The van der Waals surface area contributed by atoms with Gasteiger partial charge in [-0.15, -0.1) is 0 Å². The van der Waals surface area contributed by atoms with Crippen LogP contribution in [0.5, 0.6) is 5.75 Å². The fourth-order valence-corrected chi connectivity index (χ4v) is 2.52. The van der Waals surface area contributed by atoms with E-state index in [1.165, 1.54) is 24.3 Å². The van der Waals surface area contributed by atoms with Crippen LogP contribution in [0, 0.1) is 0 Å². The van der Waals surface area contributed by atoms with Crippen molar-refractivity contribution in [2.24, 2.45) is 0 Å². The summed E-state index contributed by atoms with van der Waals surface area (Å²) in [4.78, 5) is 24.4. The van der Waals surface area contributed by atoms with Crippen molar-refractivity contribution in [3.05, 3.63) is 77.9 Å². The van der Waals surface area contributed by atoms with Crippen molar-refractivity contribution in [3.8, 4) is 5.75 Å². The molecule has 0 aliphatic heterocycles. The Morgan fingerprint density at radius 1 is 0.885 bits per heavy atom. The van der Waals surface area contributed by atoms with Gasteiger partial charge >= 0.3 is 12.6 Å². The minimum absolute atomic E-state index is 0.0516. The summed E-state index contributed by atoms with van der Waals surface area (Å²) in [7, 11) is 0. The van der Waals surface area contributed by atoms with Crippen molar-refractivity contribution in [1.29, 1.82) is 0 Å². The zero-order valence-corrected chi connectivity index (χ0v) is 13.5. The van der Waals surface area contributed by atoms with Crippen LogP contribution >= 0.6 is 0 Å². The second-order valence-corrected chi connectivity index (χ2v) is 5.43. The first kappa shape index (κ1) is 17.5. The van der Waals surface area contributed by atoms with E-state index in [0.29, 0.717) is 5.56 Å². The molecule has 0 unspecified atom stereocenters. The Kier molecular flexibility index (Phi) is 5.22. The summed E-state index contributed by atoms with van der Waals surface area (Å²) in [5.41, 5.74) is 0.605. The SMILES string of the molecule is O=C(COC(=O)c1cccc2ccccc12)c1ccc(OC(F)F)cc1. The van der Waals surface area contributed by atoms with Crippen molar-refractivity contribution >= 4 is 22.5 Å². The van der Waals surface area contributed by atoms with E-state index < -0.39 is 25.0 Å². The number of esters is 1. The Balaban J connectivity index is 1.66. The van der Waals surface area contributed by atoms with Crippen LogP contribution in [0.2, 0.25) is 0 Å². The predicted molar refractivity (Wildman–Crippen MR) is 91.6 cm³/mol. The summed E-state index contributed by atoms with van der Waals surface area (Å²) >= 11 is 0. The topological polar surface area (TPSA) is 52.6 Å². The third-order valence-corrected chi connectivity index (χ3v) is 3.75. The normalized spacial score (nSPS) is 10.7. The quantitative estimate of drug-likeness (QED) is 0.483. The van der Waals surface area contributed by atoms with Gasteiger partial charge in [-0.2, -0.15) is 8.78 Å². The fourth-order valence-electron chi connectivity index (χ4n) is 2.52. The molecule has 4 nitrogen and oxygen atoms in total. The number of hydrogen-bond acceptors (Lipinski definition) is 4. The van der Waals surface area contributed by atoms with E-state index in [0.717, 1.165) is 10.8 Å². The van der Waals surface area contributed by atoms with Crippen molar-refractivity contribution in [2.75, 3.05) is 6.61 Å². The highest BCUT2D eigenvalue weighted by atomic mass is 19.3. The average Bonchev–Trinajstić information content (AvgIpc) is 2.65. The zero-order valence-electron chi connectivity index (χ0n) is 13.5. The smallest absolute Gasteiger partial charge is 0.387 e. The number of ketones is 1. The molecule has 0 spiro atoms. The average molecular weight is 356 g/mol. The number of hydrogen-bond donors (Lipinski definition) is 0. The molecule has 26 heavy (non-hydrogen) atoms. The molecule has 3 rings (SSSR count). The lowest BCUT2D eigenvalue weighted by Gasteiger charge is -2.08. The molecule has 0 aliphatic rings. The number of benzene rings is 3. The maximum atomic E-state index is 12.3. The summed E-state index contributed by atoms with van der Waals surface area (Å²) in [6.45, 7) is -3.38. The molecule has 0 fully saturated rings. The van der Waals surface area contributed by atoms with E-state index in [1.54, 1.807) is 18.2 Å². The maximum absolute atomic E-state index is 12.3. The predicted octanol–water partition coefficient (Wildman–Crippen LogP) is 4.48. The van der Waals surface area contributed by atoms with Gasteiger partial charge in [-0.1, -0.05) is 36.4 Å². The minimum atomic E-state index is -2.93. The standard InChI is InChI=1S/C20H14F2O4/c21-20(22)26-15-10-8-14(9-11-15)18(23)12-25-19(24)17-7-3-5-13-4-1-2-6-16(13)17/h1-11,20H,12H2. The van der Waals surface area contributed by atoms with Crippen LogP contribution in [0.3, 0.4) is 0 Å². The van der Waals surface area contributed by atoms with E-state index >= 15 is 0 Å². The van der Waals surface area contributed by atoms with Gasteiger partial charge in [-0.3, -0.25) is 4.79 Å². The molecule has 0 heterocycles. The van der Waals surface area contributed by atoms with Gasteiger partial charge in [-0.05, 0) is 41.1 Å². The summed E-state index contributed by atoms with van der Waals surface area (Å²) in [6, 6.07) is 17.8. The van der Waals surface area contributed by atoms with Crippen LogP contribution in [0.1, 0.15) is 20.7 Å². The van der Waals surface area contributed by atoms with Crippen molar-refractivity contribution in [3.63, 3.8) is 0 Å². The first-order chi connectivity index (χ1) is 12.5. The summed E-state index contributed by atoms with van der Waals surface area (Å²) < 4.78 is 33.6. The number of ether oxygens (including phenoxy) is 2. The number of Topliss-reactive ketones (excluding diaryl/α,β-unsaturated/α-hetero) is 1. The molecule has 0 radical (unpaired) electrons. The van der Waals surface area contributed by atoms with Gasteiger partial charge in [-0.25, -0.2) is 4.79 Å². The number of carbonyl (C=O) groups is 2. The molecular weight excluding hydrogens is 342 g/mol. The van der Waals surface area contributed by atoms with Crippen LogP contribution < -0.4 is 4.74 Å². The Bertz CT molecular complexity index is 931. The van der Waals surface area contributed by atoms with E-state index in [9.17, 15) is 18.4 Å². The van der Waals surface area contributed by atoms with E-state index in [2.05, 4.69) is 4.74 Å². The van der Waals surface area contributed by atoms with Gasteiger partial charge in [0.05, 0.1) is 5.56 Å². The minimum Gasteiger partial charge on any atom is -0.454 e. The Morgan fingerprint density at radius 3 is 2.31 bits per heavy atom. The molecule has 0 atom stereocenters. The first-order valence-electron chi connectivity index (χ1n) is 7.77. The monoisotopic (exact) mass is 356 g/mol. The van der Waals surface area contributed by atoms with Gasteiger partial charge in [0.2, 0.25) is 0 Å². The van der Waals surface area contributed by atoms with Crippen molar-refractivity contribution < 1.29 is 27.8 Å². The molecule has 0 saturated heterocycles. The fraction of sp³-hybridized carbons (Fsp3) is 0.100. The van der Waals surface area contributed by atoms with Gasteiger partial charge in [0, 0.05) is 5.56 Å². The van der Waals surface area contributed by atoms with Crippen molar-refractivity contribution in [1.82, 2.24) is 0 Å². The Morgan fingerprint density at radius 2 is 1.58 bits per heavy atom. The molecule has 132 valence electrons.